The van der Waals surface area contributed by atoms with E-state index in [0.29, 0.717) is 32.2 Å². The van der Waals surface area contributed by atoms with Crippen LogP contribution in [0.25, 0.3) is 0 Å². The quantitative estimate of drug-likeness (QED) is 0.617. The van der Waals surface area contributed by atoms with Gasteiger partial charge in [-0.3, -0.25) is 14.4 Å². The van der Waals surface area contributed by atoms with Gasteiger partial charge in [0.15, 0.2) is 0 Å². The molecule has 0 aromatic carbocycles. The molecule has 2 aliphatic rings. The minimum atomic E-state index is -0.838. The van der Waals surface area contributed by atoms with Gasteiger partial charge in [-0.25, -0.2) is 0 Å². The molecule has 17 heavy (non-hydrogen) atoms. The van der Waals surface area contributed by atoms with Gasteiger partial charge >= 0.3 is 5.97 Å². The molecule has 2 rings (SSSR count). The van der Waals surface area contributed by atoms with E-state index in [4.69, 9.17) is 5.11 Å². The average molecular weight is 240 g/mol. The normalized spacial score (nSPS) is 25.9. The molecular weight excluding hydrogens is 224 g/mol. The molecule has 0 aromatic heterocycles. The highest BCUT2D eigenvalue weighted by Crippen LogP contribution is 2.45. The zero-order valence-electron chi connectivity index (χ0n) is 9.49. The van der Waals surface area contributed by atoms with Crippen LogP contribution in [0, 0.1) is 11.3 Å². The number of piperidine rings is 1. The van der Waals surface area contributed by atoms with E-state index >= 15 is 0 Å². The maximum Gasteiger partial charge on any atom is 0.311 e. The number of carbonyl (C=O) groups excluding carboxylic acids is 2. The van der Waals surface area contributed by atoms with Crippen LogP contribution in [-0.4, -0.2) is 36.0 Å². The van der Waals surface area contributed by atoms with Crippen LogP contribution in [0.1, 0.15) is 25.7 Å². The van der Waals surface area contributed by atoms with Crippen LogP contribution in [0.2, 0.25) is 0 Å². The van der Waals surface area contributed by atoms with E-state index in [2.05, 4.69) is 10.6 Å². The van der Waals surface area contributed by atoms with Crippen LogP contribution < -0.4 is 10.6 Å². The van der Waals surface area contributed by atoms with Crippen molar-refractivity contribution in [3.8, 4) is 0 Å². The van der Waals surface area contributed by atoms with Gasteiger partial charge in [-0.1, -0.05) is 0 Å². The molecule has 1 aliphatic heterocycles. The van der Waals surface area contributed by atoms with Gasteiger partial charge in [0.2, 0.25) is 11.8 Å². The molecule has 0 bridgehead atoms. The molecule has 94 valence electrons. The Morgan fingerprint density at radius 2 is 2.18 bits per heavy atom. The number of carbonyl (C=O) groups is 3. The van der Waals surface area contributed by atoms with Gasteiger partial charge in [0.25, 0.3) is 0 Å². The van der Waals surface area contributed by atoms with E-state index < -0.39 is 11.4 Å². The molecule has 2 amide bonds. The summed E-state index contributed by atoms with van der Waals surface area (Å²) in [7, 11) is 0. The van der Waals surface area contributed by atoms with Crippen molar-refractivity contribution in [3.63, 3.8) is 0 Å². The molecule has 3 N–H and O–H groups in total. The number of carboxylic acid groups (broad SMARTS) is 1. The average Bonchev–Trinajstić information content (AvgIpc) is 3.08. The predicted molar refractivity (Wildman–Crippen MR) is 58.0 cm³/mol. The van der Waals surface area contributed by atoms with Crippen LogP contribution in [0.5, 0.6) is 0 Å². The molecule has 6 nitrogen and oxygen atoms in total. The van der Waals surface area contributed by atoms with E-state index in [-0.39, 0.29) is 24.3 Å². The SMILES string of the molecule is O=C1CCC(C(=O)NCC2(C(=O)O)CC2)CN1. The molecular formula is C11H16N2O4. The van der Waals surface area contributed by atoms with Gasteiger partial charge in [0.1, 0.15) is 0 Å². The molecule has 1 heterocycles. The molecule has 1 unspecified atom stereocenters. The highest BCUT2D eigenvalue weighted by Gasteiger charge is 2.50. The van der Waals surface area contributed by atoms with Crippen LogP contribution in [-0.2, 0) is 14.4 Å². The van der Waals surface area contributed by atoms with Gasteiger partial charge in [0, 0.05) is 19.5 Å². The van der Waals surface area contributed by atoms with Gasteiger partial charge in [0.05, 0.1) is 11.3 Å². The summed E-state index contributed by atoms with van der Waals surface area (Å²) in [4.78, 5) is 33.6. The Bertz CT molecular complexity index is 352. The van der Waals surface area contributed by atoms with E-state index in [1.165, 1.54) is 0 Å². The summed E-state index contributed by atoms with van der Waals surface area (Å²) >= 11 is 0. The number of hydrogen-bond acceptors (Lipinski definition) is 3. The lowest BCUT2D eigenvalue weighted by atomic mass is 9.98. The molecule has 1 saturated carbocycles. The first-order valence-electron chi connectivity index (χ1n) is 5.81. The molecule has 1 aliphatic carbocycles. The fraction of sp³-hybridized carbons (Fsp3) is 0.727. The zero-order chi connectivity index (χ0) is 12.5. The van der Waals surface area contributed by atoms with Gasteiger partial charge in [-0.15, -0.1) is 0 Å². The van der Waals surface area contributed by atoms with Gasteiger partial charge in [-0.2, -0.15) is 0 Å². The topological polar surface area (TPSA) is 95.5 Å². The lowest BCUT2D eigenvalue weighted by Gasteiger charge is -2.22. The number of carboxylic acids is 1. The first kappa shape index (κ1) is 11.9. The molecule has 0 radical (unpaired) electrons. The van der Waals surface area contributed by atoms with Gasteiger partial charge < -0.3 is 15.7 Å². The second kappa shape index (κ2) is 4.35. The summed E-state index contributed by atoms with van der Waals surface area (Å²) in [6.45, 7) is 0.552. The lowest BCUT2D eigenvalue weighted by molar-refractivity contribution is -0.143. The summed E-state index contributed by atoms with van der Waals surface area (Å²) in [5.41, 5.74) is -0.729. The number of amides is 2. The number of aliphatic carboxylic acids is 1. The number of hydrogen-bond donors (Lipinski definition) is 3. The first-order valence-corrected chi connectivity index (χ1v) is 5.81. The molecule has 0 spiro atoms. The van der Waals surface area contributed by atoms with E-state index in [1.807, 2.05) is 0 Å². The first-order chi connectivity index (χ1) is 8.03. The van der Waals surface area contributed by atoms with Crippen molar-refractivity contribution in [2.24, 2.45) is 11.3 Å². The Morgan fingerprint density at radius 1 is 1.47 bits per heavy atom. The Hall–Kier alpha value is -1.59. The van der Waals surface area contributed by atoms with Crippen molar-refractivity contribution in [1.29, 1.82) is 0 Å². The molecule has 0 aromatic rings. The summed E-state index contributed by atoms with van der Waals surface area (Å²) < 4.78 is 0. The van der Waals surface area contributed by atoms with E-state index in [0.717, 1.165) is 0 Å². The van der Waals surface area contributed by atoms with Crippen LogP contribution in [0.15, 0.2) is 0 Å². The highest BCUT2D eigenvalue weighted by atomic mass is 16.4. The zero-order valence-corrected chi connectivity index (χ0v) is 9.49. The Kier molecular flexibility index (Phi) is 3.04. The summed E-state index contributed by atoms with van der Waals surface area (Å²) in [5, 5.41) is 14.3. The molecule has 1 atom stereocenters. The van der Waals surface area contributed by atoms with Crippen LogP contribution in [0.3, 0.4) is 0 Å². The Balaban J connectivity index is 1.78. The third-order valence-corrected chi connectivity index (χ3v) is 3.54. The van der Waals surface area contributed by atoms with Crippen molar-refractivity contribution >= 4 is 17.8 Å². The van der Waals surface area contributed by atoms with Crippen LogP contribution >= 0.6 is 0 Å². The van der Waals surface area contributed by atoms with Crippen molar-refractivity contribution in [2.45, 2.75) is 25.7 Å². The third kappa shape index (κ3) is 2.57. The molecule has 1 saturated heterocycles. The number of nitrogens with one attached hydrogen (secondary N) is 2. The van der Waals surface area contributed by atoms with Crippen LogP contribution in [0.4, 0.5) is 0 Å². The fourth-order valence-electron chi connectivity index (χ4n) is 1.97. The minimum Gasteiger partial charge on any atom is -0.481 e. The Labute approximate surface area is 98.8 Å². The molecule has 2 fully saturated rings. The van der Waals surface area contributed by atoms with Crippen molar-refractivity contribution in [1.82, 2.24) is 10.6 Å². The monoisotopic (exact) mass is 240 g/mol. The standard InChI is InChI=1S/C11H16N2O4/c14-8-2-1-7(5-12-8)9(15)13-6-11(3-4-11)10(16)17/h7H,1-6H2,(H,12,14)(H,13,15)(H,16,17). The van der Waals surface area contributed by atoms with Crippen molar-refractivity contribution in [3.05, 3.63) is 0 Å². The third-order valence-electron chi connectivity index (χ3n) is 3.54. The minimum absolute atomic E-state index is 0.0294. The summed E-state index contributed by atoms with van der Waals surface area (Å²) in [6.07, 6.45) is 2.16. The summed E-state index contributed by atoms with van der Waals surface area (Å²) in [6, 6.07) is 0. The molecule has 6 heteroatoms. The maximum absolute atomic E-state index is 11.7. The van der Waals surface area contributed by atoms with Crippen molar-refractivity contribution in [2.75, 3.05) is 13.1 Å². The smallest absolute Gasteiger partial charge is 0.311 e. The van der Waals surface area contributed by atoms with Gasteiger partial charge in [-0.05, 0) is 19.3 Å². The highest BCUT2D eigenvalue weighted by molar-refractivity contribution is 5.84. The van der Waals surface area contributed by atoms with E-state index in [1.54, 1.807) is 0 Å². The largest absolute Gasteiger partial charge is 0.481 e. The fourth-order valence-corrected chi connectivity index (χ4v) is 1.97. The van der Waals surface area contributed by atoms with Crippen molar-refractivity contribution < 1.29 is 19.5 Å². The summed E-state index contributed by atoms with van der Waals surface area (Å²) in [5.74, 6) is -1.25. The number of rotatable bonds is 4. The predicted octanol–water partition coefficient (Wildman–Crippen LogP) is -0.506. The maximum atomic E-state index is 11.7. The Morgan fingerprint density at radius 3 is 2.65 bits per heavy atom. The lowest BCUT2D eigenvalue weighted by Crippen LogP contribution is -2.45. The second-order valence-electron chi connectivity index (χ2n) is 4.84. The van der Waals surface area contributed by atoms with E-state index in [9.17, 15) is 14.4 Å². The second-order valence-corrected chi connectivity index (χ2v) is 4.84.